The molecule has 0 spiro atoms. The van der Waals surface area contributed by atoms with Crippen LogP contribution in [0, 0.1) is 0 Å². The van der Waals surface area contributed by atoms with Crippen molar-refractivity contribution in [1.29, 1.82) is 0 Å². The molecule has 0 aliphatic rings. The standard InChI is InChI=1S/C10H16N6O/c1-4-7(11-3)6(2)10-14-9(16-17-10)8-12-5-13-15-8/h5-7,11H,4H2,1-3H3,(H,12,13,15). The molecule has 0 aliphatic carbocycles. The van der Waals surface area contributed by atoms with Crippen LogP contribution in [-0.2, 0) is 0 Å². The number of H-pyrrole nitrogens is 1. The lowest BCUT2D eigenvalue weighted by Crippen LogP contribution is -2.30. The summed E-state index contributed by atoms with van der Waals surface area (Å²) in [7, 11) is 1.93. The van der Waals surface area contributed by atoms with Crippen LogP contribution in [0.1, 0.15) is 32.1 Å². The van der Waals surface area contributed by atoms with Crippen LogP contribution < -0.4 is 5.32 Å². The summed E-state index contributed by atoms with van der Waals surface area (Å²) in [4.78, 5) is 8.29. The fourth-order valence-corrected chi connectivity index (χ4v) is 1.81. The van der Waals surface area contributed by atoms with E-state index in [-0.39, 0.29) is 5.92 Å². The van der Waals surface area contributed by atoms with Crippen LogP contribution in [0.5, 0.6) is 0 Å². The average Bonchev–Trinajstić information content (AvgIpc) is 3.01. The molecule has 2 rings (SSSR count). The molecule has 0 saturated heterocycles. The van der Waals surface area contributed by atoms with E-state index < -0.39 is 0 Å². The number of nitrogens with one attached hydrogen (secondary N) is 2. The SMILES string of the molecule is CCC(NC)C(C)c1nc(-c2ncn[nH]2)no1. The number of hydrogen-bond acceptors (Lipinski definition) is 6. The van der Waals surface area contributed by atoms with Crippen LogP contribution in [0.25, 0.3) is 11.6 Å². The lowest BCUT2D eigenvalue weighted by molar-refractivity contribution is 0.326. The van der Waals surface area contributed by atoms with Gasteiger partial charge in [0.1, 0.15) is 6.33 Å². The largest absolute Gasteiger partial charge is 0.339 e. The molecule has 2 unspecified atom stereocenters. The minimum Gasteiger partial charge on any atom is -0.339 e. The van der Waals surface area contributed by atoms with E-state index in [9.17, 15) is 0 Å². The summed E-state index contributed by atoms with van der Waals surface area (Å²) >= 11 is 0. The first-order valence-corrected chi connectivity index (χ1v) is 5.62. The van der Waals surface area contributed by atoms with Crippen LogP contribution in [0.3, 0.4) is 0 Å². The third kappa shape index (κ3) is 2.33. The summed E-state index contributed by atoms with van der Waals surface area (Å²) < 4.78 is 5.25. The van der Waals surface area contributed by atoms with E-state index in [0.29, 0.717) is 23.6 Å². The van der Waals surface area contributed by atoms with E-state index in [4.69, 9.17) is 4.52 Å². The average molecular weight is 236 g/mol. The van der Waals surface area contributed by atoms with Gasteiger partial charge in [0, 0.05) is 6.04 Å². The van der Waals surface area contributed by atoms with Crippen molar-refractivity contribution >= 4 is 0 Å². The number of nitrogens with zero attached hydrogens (tertiary/aromatic N) is 4. The smallest absolute Gasteiger partial charge is 0.239 e. The number of aromatic amines is 1. The molecule has 0 aromatic carbocycles. The van der Waals surface area contributed by atoms with Crippen molar-refractivity contribution in [1.82, 2.24) is 30.6 Å². The molecule has 0 saturated carbocycles. The summed E-state index contributed by atoms with van der Waals surface area (Å²) in [5.74, 6) is 1.73. The zero-order chi connectivity index (χ0) is 12.3. The van der Waals surface area contributed by atoms with E-state index >= 15 is 0 Å². The Balaban J connectivity index is 2.18. The van der Waals surface area contributed by atoms with E-state index in [1.165, 1.54) is 6.33 Å². The first-order chi connectivity index (χ1) is 8.26. The first kappa shape index (κ1) is 11.7. The number of aromatic nitrogens is 5. The Morgan fingerprint density at radius 2 is 2.35 bits per heavy atom. The Morgan fingerprint density at radius 1 is 1.53 bits per heavy atom. The Bertz CT molecular complexity index is 447. The molecule has 7 nitrogen and oxygen atoms in total. The minimum absolute atomic E-state index is 0.161. The highest BCUT2D eigenvalue weighted by atomic mass is 16.5. The summed E-state index contributed by atoms with van der Waals surface area (Å²) in [6.45, 7) is 4.17. The monoisotopic (exact) mass is 236 g/mol. The fourth-order valence-electron chi connectivity index (χ4n) is 1.81. The Kier molecular flexibility index (Phi) is 3.48. The van der Waals surface area contributed by atoms with Gasteiger partial charge >= 0.3 is 0 Å². The molecular formula is C10H16N6O. The van der Waals surface area contributed by atoms with Crippen LogP contribution in [-0.4, -0.2) is 38.4 Å². The number of hydrogen-bond donors (Lipinski definition) is 2. The van der Waals surface area contributed by atoms with Gasteiger partial charge in [0.25, 0.3) is 0 Å². The second-order valence-electron chi connectivity index (χ2n) is 3.88. The highest BCUT2D eigenvalue weighted by Crippen LogP contribution is 2.21. The lowest BCUT2D eigenvalue weighted by atomic mass is 10.00. The molecule has 0 aliphatic heterocycles. The molecule has 2 aromatic heterocycles. The summed E-state index contributed by atoms with van der Waals surface area (Å²) in [6, 6.07) is 0.318. The van der Waals surface area contributed by atoms with Crippen LogP contribution in [0.15, 0.2) is 10.9 Å². The number of likely N-dealkylation sites (N-methyl/N-ethyl adjacent to an activating group) is 1. The predicted molar refractivity (Wildman–Crippen MR) is 61.2 cm³/mol. The molecule has 7 heteroatoms. The lowest BCUT2D eigenvalue weighted by Gasteiger charge is -2.18. The third-order valence-electron chi connectivity index (χ3n) is 2.87. The molecule has 17 heavy (non-hydrogen) atoms. The predicted octanol–water partition coefficient (Wildman–Crippen LogP) is 0.956. The normalized spacial score (nSPS) is 14.8. The molecule has 0 fully saturated rings. The van der Waals surface area contributed by atoms with Gasteiger partial charge in [0.2, 0.25) is 11.7 Å². The molecule has 92 valence electrons. The molecule has 2 heterocycles. The van der Waals surface area contributed by atoms with Gasteiger partial charge in [-0.2, -0.15) is 10.1 Å². The van der Waals surface area contributed by atoms with Crippen molar-refractivity contribution in [3.05, 3.63) is 12.2 Å². The fraction of sp³-hybridized carbons (Fsp3) is 0.600. The summed E-state index contributed by atoms with van der Waals surface area (Å²) in [5, 5.41) is 13.6. The van der Waals surface area contributed by atoms with Crippen LogP contribution in [0.4, 0.5) is 0 Å². The molecule has 0 amide bonds. The first-order valence-electron chi connectivity index (χ1n) is 5.62. The van der Waals surface area contributed by atoms with Gasteiger partial charge < -0.3 is 9.84 Å². The Hall–Kier alpha value is -1.76. The molecule has 2 N–H and O–H groups in total. The van der Waals surface area contributed by atoms with Gasteiger partial charge in [-0.25, -0.2) is 4.98 Å². The van der Waals surface area contributed by atoms with Gasteiger partial charge in [0.05, 0.1) is 5.92 Å². The minimum atomic E-state index is 0.161. The second kappa shape index (κ2) is 5.05. The molecule has 2 atom stereocenters. The number of rotatable bonds is 5. The van der Waals surface area contributed by atoms with Crippen LogP contribution >= 0.6 is 0 Å². The van der Waals surface area contributed by atoms with E-state index in [1.807, 2.05) is 7.05 Å². The highest BCUT2D eigenvalue weighted by Gasteiger charge is 2.22. The quantitative estimate of drug-likeness (QED) is 0.803. The molecular weight excluding hydrogens is 220 g/mol. The molecule has 0 bridgehead atoms. The van der Waals surface area contributed by atoms with E-state index in [1.54, 1.807) is 0 Å². The van der Waals surface area contributed by atoms with Crippen molar-refractivity contribution in [3.8, 4) is 11.6 Å². The third-order valence-corrected chi connectivity index (χ3v) is 2.87. The maximum Gasteiger partial charge on any atom is 0.239 e. The van der Waals surface area contributed by atoms with Crippen molar-refractivity contribution < 1.29 is 4.52 Å². The van der Waals surface area contributed by atoms with Crippen molar-refractivity contribution in [2.75, 3.05) is 7.05 Å². The second-order valence-corrected chi connectivity index (χ2v) is 3.88. The van der Waals surface area contributed by atoms with E-state index in [0.717, 1.165) is 6.42 Å². The summed E-state index contributed by atoms with van der Waals surface area (Å²) in [5.41, 5.74) is 0. The molecule has 2 aromatic rings. The van der Waals surface area contributed by atoms with Gasteiger partial charge in [-0.05, 0) is 13.5 Å². The Morgan fingerprint density at radius 3 is 2.94 bits per heavy atom. The summed E-state index contributed by atoms with van der Waals surface area (Å²) in [6.07, 6.45) is 2.41. The van der Waals surface area contributed by atoms with Crippen molar-refractivity contribution in [3.63, 3.8) is 0 Å². The van der Waals surface area contributed by atoms with Crippen molar-refractivity contribution in [2.24, 2.45) is 0 Å². The zero-order valence-electron chi connectivity index (χ0n) is 10.1. The Labute approximate surface area is 99.0 Å². The topological polar surface area (TPSA) is 92.5 Å². The highest BCUT2D eigenvalue weighted by molar-refractivity contribution is 5.39. The van der Waals surface area contributed by atoms with Crippen molar-refractivity contribution in [2.45, 2.75) is 32.2 Å². The van der Waals surface area contributed by atoms with Gasteiger partial charge in [0.15, 0.2) is 5.82 Å². The maximum absolute atomic E-state index is 5.25. The zero-order valence-corrected chi connectivity index (χ0v) is 10.1. The van der Waals surface area contributed by atoms with Gasteiger partial charge in [-0.3, -0.25) is 5.10 Å². The van der Waals surface area contributed by atoms with Gasteiger partial charge in [-0.15, -0.1) is 0 Å². The van der Waals surface area contributed by atoms with Gasteiger partial charge in [-0.1, -0.05) is 19.0 Å². The molecule has 0 radical (unpaired) electrons. The maximum atomic E-state index is 5.25. The van der Waals surface area contributed by atoms with E-state index in [2.05, 4.69) is 44.5 Å². The van der Waals surface area contributed by atoms with Crippen LogP contribution in [0.2, 0.25) is 0 Å².